The fourth-order valence-electron chi connectivity index (χ4n) is 2.54. The molecule has 0 aliphatic carbocycles. The van der Waals surface area contributed by atoms with Crippen LogP contribution in [0.1, 0.15) is 0 Å². The minimum absolute atomic E-state index is 0.224. The van der Waals surface area contributed by atoms with Crippen molar-refractivity contribution < 1.29 is 0 Å². The van der Waals surface area contributed by atoms with Crippen molar-refractivity contribution in [3.63, 3.8) is 0 Å². The normalized spacial score (nSPS) is 10.5. The summed E-state index contributed by atoms with van der Waals surface area (Å²) in [6, 6.07) is 19.0. The van der Waals surface area contributed by atoms with Crippen LogP contribution in [0.15, 0.2) is 71.7 Å². The van der Waals surface area contributed by atoms with Gasteiger partial charge in [-0.05, 0) is 36.5 Å². The molecule has 4 N–H and O–H groups in total. The third-order valence-electron chi connectivity index (χ3n) is 3.76. The molecule has 8 nitrogen and oxygen atoms in total. The number of para-hydroxylation sites is 2. The number of nitrogens with one attached hydrogen (secondary N) is 4. The topological polar surface area (TPSA) is 99.7 Å². The number of thiocarbonyl (C=S) groups is 1. The maximum atomic E-state index is 12.3. The summed E-state index contributed by atoms with van der Waals surface area (Å²) in [5, 5.41) is 8.01. The molecule has 0 atom stereocenters. The number of H-pyrrole nitrogens is 1. The predicted molar refractivity (Wildman–Crippen MR) is 109 cm³/mol. The van der Waals surface area contributed by atoms with Crippen LogP contribution in [-0.4, -0.2) is 24.9 Å². The van der Waals surface area contributed by atoms with Crippen LogP contribution in [-0.2, 0) is 0 Å². The first-order valence-electron chi connectivity index (χ1n) is 8.12. The molecule has 0 spiro atoms. The highest BCUT2D eigenvalue weighted by Crippen LogP contribution is 2.14. The second-order valence-corrected chi connectivity index (χ2v) is 6.02. The summed E-state index contributed by atoms with van der Waals surface area (Å²) in [6.45, 7) is 0. The lowest BCUT2D eigenvalue weighted by molar-refractivity contribution is 0.893. The molecule has 2 heterocycles. The van der Waals surface area contributed by atoms with Crippen molar-refractivity contribution in [2.45, 2.75) is 0 Å². The Morgan fingerprint density at radius 1 is 1.04 bits per heavy atom. The number of aromatic amines is 1. The molecule has 0 aliphatic rings. The lowest BCUT2D eigenvalue weighted by Gasteiger charge is -2.12. The summed E-state index contributed by atoms with van der Waals surface area (Å²) >= 11 is 5.23. The van der Waals surface area contributed by atoms with E-state index in [1.165, 1.54) is 6.20 Å². The first kappa shape index (κ1) is 16.7. The standard InChI is InChI=1S/C18H15N7OS/c26-16-14-11-19-25(13-9-5-2-6-10-13)15(14)21-17(22-16)23-24-18(27)20-12-7-3-1-4-8-12/h1-11H,(H2,20,24,27)(H2,21,22,23,26). The molecule has 4 rings (SSSR count). The van der Waals surface area contributed by atoms with Gasteiger partial charge in [0.1, 0.15) is 5.39 Å². The first-order chi connectivity index (χ1) is 13.2. The van der Waals surface area contributed by atoms with Crippen LogP contribution in [0.2, 0.25) is 0 Å². The van der Waals surface area contributed by atoms with E-state index < -0.39 is 0 Å². The van der Waals surface area contributed by atoms with E-state index in [-0.39, 0.29) is 11.5 Å². The van der Waals surface area contributed by atoms with Gasteiger partial charge in [0.15, 0.2) is 10.8 Å². The minimum Gasteiger partial charge on any atom is -0.331 e. The Bertz CT molecular complexity index is 1140. The molecule has 9 heteroatoms. The monoisotopic (exact) mass is 377 g/mol. The Kier molecular flexibility index (Phi) is 4.50. The summed E-state index contributed by atoms with van der Waals surface area (Å²) in [6.07, 6.45) is 1.49. The van der Waals surface area contributed by atoms with Crippen LogP contribution in [0.25, 0.3) is 16.7 Å². The fourth-order valence-corrected chi connectivity index (χ4v) is 2.70. The summed E-state index contributed by atoms with van der Waals surface area (Å²) in [5.41, 5.74) is 7.40. The average Bonchev–Trinajstić information content (AvgIpc) is 3.12. The average molecular weight is 377 g/mol. The third kappa shape index (κ3) is 3.62. The van der Waals surface area contributed by atoms with Gasteiger partial charge in [-0.3, -0.25) is 20.6 Å². The molecular weight excluding hydrogens is 362 g/mol. The number of nitrogens with zero attached hydrogens (tertiary/aromatic N) is 3. The predicted octanol–water partition coefficient (Wildman–Crippen LogP) is 2.42. The van der Waals surface area contributed by atoms with E-state index in [2.05, 4.69) is 31.2 Å². The number of hydrogen-bond acceptors (Lipinski definition) is 5. The van der Waals surface area contributed by atoms with E-state index in [9.17, 15) is 4.79 Å². The Labute approximate surface area is 159 Å². The highest BCUT2D eigenvalue weighted by atomic mass is 32.1. The van der Waals surface area contributed by atoms with Crippen LogP contribution >= 0.6 is 12.2 Å². The van der Waals surface area contributed by atoms with E-state index in [0.29, 0.717) is 16.1 Å². The molecule has 0 fully saturated rings. The summed E-state index contributed by atoms with van der Waals surface area (Å²) in [4.78, 5) is 19.4. The largest absolute Gasteiger partial charge is 0.331 e. The lowest BCUT2D eigenvalue weighted by atomic mass is 10.3. The van der Waals surface area contributed by atoms with Gasteiger partial charge in [0, 0.05) is 5.69 Å². The fraction of sp³-hybridized carbons (Fsp3) is 0. The molecule has 0 aliphatic heterocycles. The van der Waals surface area contributed by atoms with Gasteiger partial charge in [-0.1, -0.05) is 36.4 Å². The van der Waals surface area contributed by atoms with E-state index in [1.807, 2.05) is 60.7 Å². The number of rotatable bonds is 4. The number of aromatic nitrogens is 4. The SMILES string of the molecule is O=c1[nH]c(NNC(=S)Nc2ccccc2)nc2c1cnn2-c1ccccc1. The summed E-state index contributed by atoms with van der Waals surface area (Å²) in [7, 11) is 0. The zero-order chi connectivity index (χ0) is 18.6. The van der Waals surface area contributed by atoms with E-state index in [4.69, 9.17) is 12.2 Å². The lowest BCUT2D eigenvalue weighted by Crippen LogP contribution is -2.34. The van der Waals surface area contributed by atoms with Crippen molar-refractivity contribution in [1.29, 1.82) is 0 Å². The minimum atomic E-state index is -0.298. The van der Waals surface area contributed by atoms with Gasteiger partial charge in [-0.2, -0.15) is 10.1 Å². The van der Waals surface area contributed by atoms with Crippen LogP contribution < -0.4 is 21.7 Å². The van der Waals surface area contributed by atoms with Crippen LogP contribution in [0.3, 0.4) is 0 Å². The number of benzene rings is 2. The van der Waals surface area contributed by atoms with Crippen LogP contribution in [0.5, 0.6) is 0 Å². The molecular formula is C18H15N7OS. The molecule has 134 valence electrons. The molecule has 0 amide bonds. The number of hydrazine groups is 1. The third-order valence-corrected chi connectivity index (χ3v) is 3.97. The molecule has 0 unspecified atom stereocenters. The molecule has 4 aromatic rings. The van der Waals surface area contributed by atoms with Gasteiger partial charge in [0.25, 0.3) is 5.56 Å². The zero-order valence-corrected chi connectivity index (χ0v) is 14.8. The van der Waals surface area contributed by atoms with Crippen LogP contribution in [0, 0.1) is 0 Å². The van der Waals surface area contributed by atoms with Gasteiger partial charge in [0.05, 0.1) is 11.9 Å². The smallest absolute Gasteiger partial charge is 0.263 e. The Morgan fingerprint density at radius 2 is 1.74 bits per heavy atom. The molecule has 2 aromatic carbocycles. The van der Waals surface area contributed by atoms with Gasteiger partial charge < -0.3 is 5.32 Å². The van der Waals surface area contributed by atoms with Crippen molar-refractivity contribution in [2.75, 3.05) is 10.7 Å². The van der Waals surface area contributed by atoms with E-state index in [1.54, 1.807) is 4.68 Å². The van der Waals surface area contributed by atoms with Gasteiger partial charge >= 0.3 is 0 Å². The Morgan fingerprint density at radius 3 is 2.48 bits per heavy atom. The van der Waals surface area contributed by atoms with Crippen molar-refractivity contribution in [3.05, 3.63) is 77.2 Å². The number of hydrogen-bond donors (Lipinski definition) is 4. The van der Waals surface area contributed by atoms with Crippen molar-refractivity contribution >= 4 is 40.0 Å². The molecule has 2 aromatic heterocycles. The van der Waals surface area contributed by atoms with Gasteiger partial charge in [-0.15, -0.1) is 0 Å². The second kappa shape index (κ2) is 7.26. The quantitative estimate of drug-likeness (QED) is 0.320. The van der Waals surface area contributed by atoms with E-state index >= 15 is 0 Å². The number of fused-ring (bicyclic) bond motifs is 1. The molecule has 0 saturated carbocycles. The van der Waals surface area contributed by atoms with Crippen molar-refractivity contribution in [3.8, 4) is 5.69 Å². The molecule has 0 bridgehead atoms. The zero-order valence-electron chi connectivity index (χ0n) is 14.0. The molecule has 0 radical (unpaired) electrons. The summed E-state index contributed by atoms with van der Waals surface area (Å²) < 4.78 is 1.61. The van der Waals surface area contributed by atoms with Gasteiger partial charge in [-0.25, -0.2) is 4.68 Å². The second-order valence-electron chi connectivity index (χ2n) is 5.61. The van der Waals surface area contributed by atoms with Crippen molar-refractivity contribution in [1.82, 2.24) is 25.2 Å². The molecule has 0 saturated heterocycles. The van der Waals surface area contributed by atoms with E-state index in [0.717, 1.165) is 11.4 Å². The highest BCUT2D eigenvalue weighted by Gasteiger charge is 2.11. The molecule has 27 heavy (non-hydrogen) atoms. The Hall–Kier alpha value is -3.72. The first-order valence-corrected chi connectivity index (χ1v) is 8.53. The van der Waals surface area contributed by atoms with Crippen LogP contribution in [0.4, 0.5) is 11.6 Å². The Balaban J connectivity index is 1.56. The van der Waals surface area contributed by atoms with Crippen molar-refractivity contribution in [2.24, 2.45) is 0 Å². The van der Waals surface area contributed by atoms with Gasteiger partial charge in [0.2, 0.25) is 5.95 Å². The number of anilines is 2. The maximum Gasteiger partial charge on any atom is 0.263 e. The maximum absolute atomic E-state index is 12.3. The highest BCUT2D eigenvalue weighted by molar-refractivity contribution is 7.80. The summed E-state index contributed by atoms with van der Waals surface area (Å²) in [5.74, 6) is 0.224.